The maximum absolute atomic E-state index is 9.47. The van der Waals surface area contributed by atoms with Crippen LogP contribution in [-0.4, -0.2) is 11.2 Å². The van der Waals surface area contributed by atoms with Crippen LogP contribution in [0.3, 0.4) is 0 Å². The Kier molecular flexibility index (Phi) is 3.38. The van der Waals surface area contributed by atoms with Crippen molar-refractivity contribution >= 4 is 0 Å². The van der Waals surface area contributed by atoms with E-state index < -0.39 is 0 Å². The van der Waals surface area contributed by atoms with E-state index in [2.05, 4.69) is 13.8 Å². The molecule has 0 spiro atoms. The molecule has 11 heavy (non-hydrogen) atoms. The van der Waals surface area contributed by atoms with Crippen LogP contribution in [0.25, 0.3) is 0 Å². The molecule has 3 atom stereocenters. The average molecular weight is 156 g/mol. The highest BCUT2D eigenvalue weighted by Gasteiger charge is 2.30. The van der Waals surface area contributed by atoms with Gasteiger partial charge >= 0.3 is 0 Å². The van der Waals surface area contributed by atoms with Crippen molar-refractivity contribution in [2.45, 2.75) is 52.1 Å². The molecule has 0 aliphatic heterocycles. The highest BCUT2D eigenvalue weighted by Crippen LogP contribution is 2.34. The van der Waals surface area contributed by atoms with Crippen LogP contribution >= 0.6 is 0 Å². The molecule has 0 aromatic carbocycles. The Morgan fingerprint density at radius 2 is 2.09 bits per heavy atom. The summed E-state index contributed by atoms with van der Waals surface area (Å²) in [5.41, 5.74) is 0. The molecule has 0 amide bonds. The van der Waals surface area contributed by atoms with Gasteiger partial charge in [-0.15, -0.1) is 0 Å². The smallest absolute Gasteiger partial charge is 0.0568 e. The molecule has 1 saturated carbocycles. The normalized spacial score (nSPS) is 37.9. The van der Waals surface area contributed by atoms with Crippen molar-refractivity contribution in [3.8, 4) is 0 Å². The fourth-order valence-corrected chi connectivity index (χ4v) is 2.10. The summed E-state index contributed by atoms with van der Waals surface area (Å²) in [7, 11) is 0. The van der Waals surface area contributed by atoms with E-state index in [0.717, 1.165) is 12.3 Å². The molecule has 66 valence electrons. The predicted octanol–water partition coefficient (Wildman–Crippen LogP) is 2.58. The number of aliphatic hydroxyl groups is 1. The van der Waals surface area contributed by atoms with Crippen molar-refractivity contribution in [3.05, 3.63) is 0 Å². The van der Waals surface area contributed by atoms with Gasteiger partial charge in [0.15, 0.2) is 0 Å². The molecule has 0 heterocycles. The second-order valence-corrected chi connectivity index (χ2v) is 3.91. The lowest BCUT2D eigenvalue weighted by molar-refractivity contribution is 0.125. The molecular weight excluding hydrogens is 136 g/mol. The summed E-state index contributed by atoms with van der Waals surface area (Å²) in [6.45, 7) is 4.42. The molecule has 1 aliphatic carbocycles. The molecule has 1 aliphatic rings. The van der Waals surface area contributed by atoms with Crippen molar-refractivity contribution in [3.63, 3.8) is 0 Å². The predicted molar refractivity (Wildman–Crippen MR) is 47.4 cm³/mol. The lowest BCUT2D eigenvalue weighted by Crippen LogP contribution is -2.14. The molecule has 1 N–H and O–H groups in total. The van der Waals surface area contributed by atoms with Gasteiger partial charge in [-0.05, 0) is 24.7 Å². The standard InChI is InChI=1S/C10H20O/c1-3-4-5-9-6-7-10(11)8(9)2/h8-11H,3-7H2,1-2H3. The minimum Gasteiger partial charge on any atom is -0.393 e. The van der Waals surface area contributed by atoms with Gasteiger partial charge in [-0.3, -0.25) is 0 Å². The Hall–Kier alpha value is -0.0400. The molecule has 0 bridgehead atoms. The Morgan fingerprint density at radius 3 is 2.55 bits per heavy atom. The van der Waals surface area contributed by atoms with Gasteiger partial charge in [0.1, 0.15) is 0 Å². The third kappa shape index (κ3) is 2.19. The molecule has 1 heteroatoms. The molecule has 1 nitrogen and oxygen atoms in total. The van der Waals surface area contributed by atoms with Gasteiger partial charge in [-0.1, -0.05) is 33.1 Å². The van der Waals surface area contributed by atoms with Gasteiger partial charge in [-0.25, -0.2) is 0 Å². The van der Waals surface area contributed by atoms with E-state index >= 15 is 0 Å². The van der Waals surface area contributed by atoms with E-state index in [0.29, 0.717) is 5.92 Å². The summed E-state index contributed by atoms with van der Waals surface area (Å²) in [6, 6.07) is 0. The molecule has 0 radical (unpaired) electrons. The number of hydrogen-bond donors (Lipinski definition) is 1. The van der Waals surface area contributed by atoms with Gasteiger partial charge in [0.25, 0.3) is 0 Å². The minimum atomic E-state index is -0.00291. The summed E-state index contributed by atoms with van der Waals surface area (Å²) in [5, 5.41) is 9.47. The first-order valence-corrected chi connectivity index (χ1v) is 4.93. The maximum Gasteiger partial charge on any atom is 0.0568 e. The SMILES string of the molecule is CCCCC1CCC(O)C1C. The molecular formula is C10H20O. The van der Waals surface area contributed by atoms with Crippen LogP contribution in [0, 0.1) is 11.8 Å². The van der Waals surface area contributed by atoms with Crippen LogP contribution in [0.1, 0.15) is 46.0 Å². The molecule has 1 rings (SSSR count). The lowest BCUT2D eigenvalue weighted by Gasteiger charge is -2.16. The Bertz CT molecular complexity index is 111. The molecule has 0 aromatic heterocycles. The van der Waals surface area contributed by atoms with E-state index in [-0.39, 0.29) is 6.10 Å². The second-order valence-electron chi connectivity index (χ2n) is 3.91. The maximum atomic E-state index is 9.47. The third-order valence-corrected chi connectivity index (χ3v) is 3.11. The number of aliphatic hydroxyl groups excluding tert-OH is 1. The summed E-state index contributed by atoms with van der Waals surface area (Å²) in [5.74, 6) is 1.37. The van der Waals surface area contributed by atoms with Crippen LogP contribution in [0.15, 0.2) is 0 Å². The quantitative estimate of drug-likeness (QED) is 0.666. The number of hydrogen-bond acceptors (Lipinski definition) is 1. The minimum absolute atomic E-state index is 0.00291. The summed E-state index contributed by atoms with van der Waals surface area (Å²) in [4.78, 5) is 0. The van der Waals surface area contributed by atoms with Crippen LogP contribution < -0.4 is 0 Å². The fraction of sp³-hybridized carbons (Fsp3) is 1.00. The Morgan fingerprint density at radius 1 is 1.36 bits per heavy atom. The first kappa shape index (κ1) is 9.05. The van der Waals surface area contributed by atoms with E-state index in [9.17, 15) is 5.11 Å². The fourth-order valence-electron chi connectivity index (χ4n) is 2.10. The largest absolute Gasteiger partial charge is 0.393 e. The van der Waals surface area contributed by atoms with Crippen molar-refractivity contribution in [2.24, 2.45) is 11.8 Å². The van der Waals surface area contributed by atoms with Crippen LogP contribution in [0.4, 0.5) is 0 Å². The molecule has 3 unspecified atom stereocenters. The van der Waals surface area contributed by atoms with Gasteiger partial charge in [0.05, 0.1) is 6.10 Å². The van der Waals surface area contributed by atoms with Gasteiger partial charge in [0, 0.05) is 0 Å². The molecule has 1 fully saturated rings. The zero-order valence-corrected chi connectivity index (χ0v) is 7.71. The topological polar surface area (TPSA) is 20.2 Å². The third-order valence-electron chi connectivity index (χ3n) is 3.11. The lowest BCUT2D eigenvalue weighted by atomic mass is 9.92. The van der Waals surface area contributed by atoms with E-state index in [1.54, 1.807) is 0 Å². The number of unbranched alkanes of at least 4 members (excludes halogenated alkanes) is 1. The van der Waals surface area contributed by atoms with Crippen molar-refractivity contribution in [2.75, 3.05) is 0 Å². The zero-order chi connectivity index (χ0) is 8.27. The summed E-state index contributed by atoms with van der Waals surface area (Å²) in [6.07, 6.45) is 6.24. The van der Waals surface area contributed by atoms with Gasteiger partial charge in [0.2, 0.25) is 0 Å². The highest BCUT2D eigenvalue weighted by molar-refractivity contribution is 4.81. The van der Waals surface area contributed by atoms with E-state index in [1.165, 1.54) is 25.7 Å². The monoisotopic (exact) mass is 156 g/mol. The molecule has 0 aromatic rings. The summed E-state index contributed by atoms with van der Waals surface area (Å²) < 4.78 is 0. The van der Waals surface area contributed by atoms with E-state index in [4.69, 9.17) is 0 Å². The highest BCUT2D eigenvalue weighted by atomic mass is 16.3. The van der Waals surface area contributed by atoms with Crippen molar-refractivity contribution < 1.29 is 5.11 Å². The van der Waals surface area contributed by atoms with Crippen molar-refractivity contribution in [1.82, 2.24) is 0 Å². The zero-order valence-electron chi connectivity index (χ0n) is 7.71. The average Bonchev–Trinajstić information content (AvgIpc) is 2.31. The first-order valence-electron chi connectivity index (χ1n) is 4.93. The van der Waals surface area contributed by atoms with E-state index in [1.807, 2.05) is 0 Å². The second kappa shape index (κ2) is 4.10. The Labute approximate surface area is 69.8 Å². The van der Waals surface area contributed by atoms with Gasteiger partial charge in [-0.2, -0.15) is 0 Å². The van der Waals surface area contributed by atoms with Crippen LogP contribution in [0.5, 0.6) is 0 Å². The summed E-state index contributed by atoms with van der Waals surface area (Å²) >= 11 is 0. The Balaban J connectivity index is 2.24. The van der Waals surface area contributed by atoms with Gasteiger partial charge < -0.3 is 5.11 Å². The number of rotatable bonds is 3. The van der Waals surface area contributed by atoms with Crippen LogP contribution in [0.2, 0.25) is 0 Å². The van der Waals surface area contributed by atoms with Crippen molar-refractivity contribution in [1.29, 1.82) is 0 Å². The molecule has 0 saturated heterocycles. The first-order chi connectivity index (χ1) is 5.25. The van der Waals surface area contributed by atoms with Crippen LogP contribution in [-0.2, 0) is 0 Å².